The third-order valence-electron chi connectivity index (χ3n) is 4.18. The lowest BCUT2D eigenvalue weighted by Crippen LogP contribution is -2.15. The zero-order valence-electron chi connectivity index (χ0n) is 19.3. The van der Waals surface area contributed by atoms with Gasteiger partial charge in [-0.15, -0.1) is 0 Å². The fourth-order valence-corrected chi connectivity index (χ4v) is 2.49. The molecule has 0 aliphatic carbocycles. The summed E-state index contributed by atoms with van der Waals surface area (Å²) in [6, 6.07) is 4.24. The van der Waals surface area contributed by atoms with Gasteiger partial charge >= 0.3 is 23.9 Å². The summed E-state index contributed by atoms with van der Waals surface area (Å²) in [5, 5.41) is 0. The summed E-state index contributed by atoms with van der Waals surface area (Å²) in [5.74, 6) is -9.22. The molecule has 0 spiro atoms. The molecule has 0 amide bonds. The Bertz CT molecular complexity index is 1280. The lowest BCUT2D eigenvalue weighted by atomic mass is 10.0. The van der Waals surface area contributed by atoms with Crippen LogP contribution in [0.5, 0.6) is 23.0 Å². The van der Waals surface area contributed by atoms with Crippen molar-refractivity contribution in [3.05, 3.63) is 85.5 Å². The van der Waals surface area contributed by atoms with Crippen LogP contribution in [0, 0.1) is 11.6 Å². The number of ether oxygens (including phenoxy) is 4. The van der Waals surface area contributed by atoms with Crippen molar-refractivity contribution in [2.45, 2.75) is 13.8 Å². The van der Waals surface area contributed by atoms with Gasteiger partial charge in [0.05, 0.1) is 0 Å². The minimum atomic E-state index is -1.68. The van der Waals surface area contributed by atoms with Gasteiger partial charge in [-0.2, -0.15) is 4.39 Å². The van der Waals surface area contributed by atoms with Crippen molar-refractivity contribution in [1.82, 2.24) is 0 Å². The summed E-state index contributed by atoms with van der Waals surface area (Å²) >= 11 is 0. The minimum absolute atomic E-state index is 0.0876. The average Bonchev–Trinajstić information content (AvgIpc) is 2.82. The first kappa shape index (κ1) is 27.4. The lowest BCUT2D eigenvalue weighted by Gasteiger charge is -2.16. The Balaban J connectivity index is 2.78. The Morgan fingerprint density at radius 3 is 1.64 bits per heavy atom. The first-order valence-electron chi connectivity index (χ1n) is 9.99. The van der Waals surface area contributed by atoms with Crippen LogP contribution in [-0.2, 0) is 19.2 Å². The number of hydrogen-bond donors (Lipinski definition) is 0. The summed E-state index contributed by atoms with van der Waals surface area (Å²) < 4.78 is 50.3. The molecule has 0 unspecified atom stereocenters. The maximum Gasteiger partial charge on any atom is 0.338 e. The smallest absolute Gasteiger partial charge is 0.338 e. The second-order valence-corrected chi connectivity index (χ2v) is 7.16. The molecule has 36 heavy (non-hydrogen) atoms. The number of carbonyl (C=O) groups is 4. The normalized spacial score (nSPS) is 10.0. The Morgan fingerprint density at radius 2 is 1.19 bits per heavy atom. The lowest BCUT2D eigenvalue weighted by molar-refractivity contribution is -0.132. The summed E-state index contributed by atoms with van der Waals surface area (Å²) in [7, 11) is 0. The Morgan fingerprint density at radius 1 is 0.722 bits per heavy atom. The van der Waals surface area contributed by atoms with Crippen LogP contribution in [0.3, 0.4) is 0 Å². The summed E-state index contributed by atoms with van der Waals surface area (Å²) in [4.78, 5) is 47.4. The highest BCUT2D eigenvalue weighted by Gasteiger charge is 2.26. The van der Waals surface area contributed by atoms with Gasteiger partial charge in [0.2, 0.25) is 11.6 Å². The van der Waals surface area contributed by atoms with Gasteiger partial charge in [0.15, 0.2) is 11.6 Å². The number of hydrogen-bond acceptors (Lipinski definition) is 8. The van der Waals surface area contributed by atoms with E-state index in [1.807, 2.05) is 0 Å². The van der Waals surface area contributed by atoms with Gasteiger partial charge in [0.25, 0.3) is 0 Å². The molecule has 0 aliphatic rings. The van der Waals surface area contributed by atoms with Gasteiger partial charge in [-0.3, -0.25) is 0 Å². The number of rotatable bonds is 9. The van der Waals surface area contributed by atoms with Gasteiger partial charge in [0, 0.05) is 34.9 Å². The number of esters is 4. The zero-order valence-corrected chi connectivity index (χ0v) is 19.3. The quantitative estimate of drug-likeness (QED) is 0.276. The van der Waals surface area contributed by atoms with Crippen LogP contribution in [-0.4, -0.2) is 23.9 Å². The van der Waals surface area contributed by atoms with E-state index in [1.165, 1.54) is 13.8 Å². The van der Waals surface area contributed by atoms with Gasteiger partial charge in [0.1, 0.15) is 11.5 Å². The van der Waals surface area contributed by atoms with Crippen molar-refractivity contribution < 1.29 is 46.9 Å². The zero-order chi connectivity index (χ0) is 27.2. The Kier molecular flexibility index (Phi) is 8.76. The predicted molar refractivity (Wildman–Crippen MR) is 124 cm³/mol. The molecular formula is C26H20F2O8. The minimum Gasteiger partial charge on any atom is -0.423 e. The van der Waals surface area contributed by atoms with Crippen molar-refractivity contribution in [2.75, 3.05) is 0 Å². The van der Waals surface area contributed by atoms with E-state index in [2.05, 4.69) is 26.3 Å². The highest BCUT2D eigenvalue weighted by Crippen LogP contribution is 2.41. The van der Waals surface area contributed by atoms with E-state index in [-0.39, 0.29) is 28.2 Å². The van der Waals surface area contributed by atoms with Crippen LogP contribution in [0.4, 0.5) is 8.78 Å². The second kappa shape index (κ2) is 11.5. The van der Waals surface area contributed by atoms with E-state index in [0.29, 0.717) is 0 Å². The fraction of sp³-hybridized carbons (Fsp3) is 0.0769. The van der Waals surface area contributed by atoms with Crippen molar-refractivity contribution in [3.63, 3.8) is 0 Å². The third-order valence-corrected chi connectivity index (χ3v) is 4.18. The number of benzene rings is 2. The van der Waals surface area contributed by atoms with Crippen LogP contribution in [0.1, 0.15) is 13.8 Å². The van der Waals surface area contributed by atoms with E-state index >= 15 is 8.78 Å². The molecule has 0 atom stereocenters. The van der Waals surface area contributed by atoms with Crippen LogP contribution in [0.15, 0.2) is 73.9 Å². The average molecular weight is 498 g/mol. The molecule has 0 N–H and O–H groups in total. The van der Waals surface area contributed by atoms with Crippen molar-refractivity contribution >= 4 is 23.9 Å². The van der Waals surface area contributed by atoms with Crippen LogP contribution >= 0.6 is 0 Å². The summed E-state index contributed by atoms with van der Waals surface area (Å²) in [6.45, 7) is 15.9. The van der Waals surface area contributed by atoms with E-state index in [4.69, 9.17) is 18.9 Å². The highest BCUT2D eigenvalue weighted by atomic mass is 19.2. The molecular weight excluding hydrogens is 478 g/mol. The maximum atomic E-state index is 15.2. The standard InChI is InChI=1S/C26H20F2O8/c1-7-20(29)33-16-9-15(10-17(11-16)34-21(30)8-2)18-12-19(35-25(31)13(3)4)24(23(28)22(18)27)36-26(32)14(5)6/h7-12H,1-3,5H2,4,6H3. The number of halogens is 2. The first-order chi connectivity index (χ1) is 16.9. The van der Waals surface area contributed by atoms with Crippen molar-refractivity contribution in [1.29, 1.82) is 0 Å². The molecule has 2 rings (SSSR count). The van der Waals surface area contributed by atoms with Crippen LogP contribution < -0.4 is 18.9 Å². The van der Waals surface area contributed by atoms with Gasteiger partial charge in [-0.1, -0.05) is 26.3 Å². The molecule has 0 aromatic heterocycles. The fourth-order valence-electron chi connectivity index (χ4n) is 2.49. The molecule has 0 radical (unpaired) electrons. The molecule has 0 saturated carbocycles. The first-order valence-corrected chi connectivity index (χ1v) is 9.99. The van der Waals surface area contributed by atoms with E-state index in [9.17, 15) is 19.2 Å². The molecule has 2 aromatic rings. The molecule has 186 valence electrons. The SMILES string of the molecule is C=CC(=O)Oc1cc(OC(=O)C=C)cc(-c2cc(OC(=O)C(=C)C)c(OC(=O)C(=C)C)c(F)c2F)c1. The van der Waals surface area contributed by atoms with Crippen molar-refractivity contribution in [2.24, 2.45) is 0 Å². The Hall–Kier alpha value is -4.86. The molecule has 0 aliphatic heterocycles. The van der Waals surface area contributed by atoms with Gasteiger partial charge in [-0.25, -0.2) is 23.6 Å². The summed E-state index contributed by atoms with van der Waals surface area (Å²) in [5.41, 5.74) is -0.922. The van der Waals surface area contributed by atoms with E-state index in [0.717, 1.165) is 36.4 Å². The van der Waals surface area contributed by atoms with Gasteiger partial charge < -0.3 is 18.9 Å². The van der Waals surface area contributed by atoms with Gasteiger partial charge in [-0.05, 0) is 37.6 Å². The molecule has 0 bridgehead atoms. The molecule has 0 heterocycles. The van der Waals surface area contributed by atoms with E-state index in [1.54, 1.807) is 0 Å². The topological polar surface area (TPSA) is 105 Å². The largest absolute Gasteiger partial charge is 0.423 e. The molecule has 2 aromatic carbocycles. The third kappa shape index (κ3) is 6.60. The molecule has 8 nitrogen and oxygen atoms in total. The van der Waals surface area contributed by atoms with Crippen molar-refractivity contribution in [3.8, 4) is 34.1 Å². The predicted octanol–water partition coefficient (Wildman–Crippen LogP) is 4.78. The monoisotopic (exact) mass is 498 g/mol. The summed E-state index contributed by atoms with van der Waals surface area (Å²) in [6.07, 6.45) is 1.70. The molecule has 10 heteroatoms. The molecule has 0 fully saturated rings. The van der Waals surface area contributed by atoms with E-state index < -0.39 is 52.6 Å². The highest BCUT2D eigenvalue weighted by molar-refractivity contribution is 5.92. The second-order valence-electron chi connectivity index (χ2n) is 7.16. The maximum absolute atomic E-state index is 15.2. The molecule has 0 saturated heterocycles. The van der Waals surface area contributed by atoms with Crippen LogP contribution in [0.25, 0.3) is 11.1 Å². The van der Waals surface area contributed by atoms with Crippen LogP contribution in [0.2, 0.25) is 0 Å². The number of carbonyl (C=O) groups excluding carboxylic acids is 4. The Labute approximate surface area is 204 Å².